The van der Waals surface area contributed by atoms with E-state index in [-0.39, 0.29) is 17.8 Å². The molecule has 32 heavy (non-hydrogen) atoms. The van der Waals surface area contributed by atoms with E-state index < -0.39 is 35.5 Å². The standard InChI is InChI=1S/C16H9F9N2.C3H4O2/c17-13(18,14(19,20)15(21,22)16(23,24)25)10-6-8-12(9-7-10)27-26-11-4-2-1-3-5-11;1-2-3(4)5/h1-9H;2H,1H2,(H,4,5)/b27-26+;. The van der Waals surface area contributed by atoms with Crippen molar-refractivity contribution in [1.82, 2.24) is 0 Å². The molecule has 0 saturated carbocycles. The van der Waals surface area contributed by atoms with Crippen molar-refractivity contribution < 1.29 is 49.4 Å². The highest BCUT2D eigenvalue weighted by Crippen LogP contribution is 2.56. The third-order valence-corrected chi connectivity index (χ3v) is 3.59. The number of nitrogens with zero attached hydrogens (tertiary/aromatic N) is 2. The monoisotopic (exact) mass is 472 g/mol. The molecular weight excluding hydrogens is 459 g/mol. The number of carbonyl (C=O) groups is 1. The molecule has 0 aliphatic rings. The first-order chi connectivity index (χ1) is 14.6. The molecule has 13 heteroatoms. The Balaban J connectivity index is 0.000000920. The lowest BCUT2D eigenvalue weighted by Crippen LogP contribution is -2.59. The van der Waals surface area contributed by atoms with E-state index in [1.165, 1.54) is 0 Å². The molecule has 0 amide bonds. The number of benzene rings is 2. The van der Waals surface area contributed by atoms with E-state index in [1.54, 1.807) is 30.3 Å². The summed E-state index contributed by atoms with van der Waals surface area (Å²) in [4.78, 5) is 9.25. The number of carboxylic acids is 1. The second-order valence-electron chi connectivity index (χ2n) is 5.85. The van der Waals surface area contributed by atoms with E-state index >= 15 is 0 Å². The Bertz CT molecular complexity index is 942. The van der Waals surface area contributed by atoms with Crippen LogP contribution in [0.5, 0.6) is 0 Å². The Morgan fingerprint density at radius 1 is 0.750 bits per heavy atom. The molecule has 174 valence electrons. The van der Waals surface area contributed by atoms with Crippen molar-refractivity contribution >= 4 is 17.3 Å². The smallest absolute Gasteiger partial charge is 0.460 e. The van der Waals surface area contributed by atoms with Gasteiger partial charge < -0.3 is 5.11 Å². The molecule has 4 nitrogen and oxygen atoms in total. The van der Waals surface area contributed by atoms with Gasteiger partial charge in [0.1, 0.15) is 0 Å². The van der Waals surface area contributed by atoms with Crippen molar-refractivity contribution in [3.63, 3.8) is 0 Å². The molecule has 0 saturated heterocycles. The molecule has 0 atom stereocenters. The number of aliphatic carboxylic acids is 1. The van der Waals surface area contributed by atoms with Gasteiger partial charge in [0.05, 0.1) is 11.4 Å². The Labute approximate surface area is 174 Å². The Morgan fingerprint density at radius 2 is 1.16 bits per heavy atom. The summed E-state index contributed by atoms with van der Waals surface area (Å²) >= 11 is 0. The maximum atomic E-state index is 13.8. The number of halogens is 9. The van der Waals surface area contributed by atoms with Crippen LogP contribution in [0.25, 0.3) is 0 Å². The van der Waals surface area contributed by atoms with Crippen LogP contribution in [0.1, 0.15) is 5.56 Å². The van der Waals surface area contributed by atoms with Crippen LogP contribution in [-0.2, 0) is 10.7 Å². The van der Waals surface area contributed by atoms with Gasteiger partial charge in [0, 0.05) is 11.6 Å². The molecule has 1 N–H and O–H groups in total. The van der Waals surface area contributed by atoms with Crippen molar-refractivity contribution in [2.45, 2.75) is 23.9 Å². The van der Waals surface area contributed by atoms with Crippen molar-refractivity contribution in [3.8, 4) is 0 Å². The van der Waals surface area contributed by atoms with Gasteiger partial charge in [0.15, 0.2) is 0 Å². The molecule has 0 aliphatic carbocycles. The van der Waals surface area contributed by atoms with Crippen LogP contribution in [0.15, 0.2) is 77.5 Å². The van der Waals surface area contributed by atoms with Crippen LogP contribution < -0.4 is 0 Å². The SMILES string of the molecule is C=CC(=O)O.FC(F)(F)C(F)(F)C(F)(F)C(F)(F)c1ccc(/N=N/c2ccccc2)cc1. The van der Waals surface area contributed by atoms with Crippen molar-refractivity contribution in [2.75, 3.05) is 0 Å². The molecule has 2 aromatic rings. The van der Waals surface area contributed by atoms with Gasteiger partial charge in [-0.3, -0.25) is 0 Å². The summed E-state index contributed by atoms with van der Waals surface area (Å²) in [7, 11) is 0. The molecule has 0 fully saturated rings. The zero-order valence-electron chi connectivity index (χ0n) is 15.6. The third kappa shape index (κ3) is 5.86. The predicted molar refractivity (Wildman–Crippen MR) is 94.7 cm³/mol. The minimum atomic E-state index is -6.94. The van der Waals surface area contributed by atoms with E-state index in [1.807, 2.05) is 0 Å². The molecule has 2 aromatic carbocycles. The van der Waals surface area contributed by atoms with Gasteiger partial charge in [0.25, 0.3) is 0 Å². The Morgan fingerprint density at radius 3 is 1.53 bits per heavy atom. The van der Waals surface area contributed by atoms with Gasteiger partial charge in [-0.1, -0.05) is 36.9 Å². The van der Waals surface area contributed by atoms with E-state index in [0.29, 0.717) is 5.69 Å². The highest BCUT2D eigenvalue weighted by atomic mass is 19.4. The highest BCUT2D eigenvalue weighted by molar-refractivity contribution is 5.78. The zero-order valence-corrected chi connectivity index (χ0v) is 15.6. The van der Waals surface area contributed by atoms with Gasteiger partial charge in [-0.05, 0) is 24.3 Å². The topological polar surface area (TPSA) is 62.0 Å². The van der Waals surface area contributed by atoms with Crippen molar-refractivity contribution in [1.29, 1.82) is 0 Å². The molecule has 0 bridgehead atoms. The average Bonchev–Trinajstić information content (AvgIpc) is 2.72. The number of hydrogen-bond donors (Lipinski definition) is 1. The summed E-state index contributed by atoms with van der Waals surface area (Å²) in [6.07, 6.45) is -6.02. The fourth-order valence-corrected chi connectivity index (χ4v) is 1.90. The first-order valence-electron chi connectivity index (χ1n) is 8.20. The maximum Gasteiger partial charge on any atom is 0.460 e. The number of hydrogen-bond acceptors (Lipinski definition) is 3. The van der Waals surface area contributed by atoms with Crippen LogP contribution in [0.3, 0.4) is 0 Å². The summed E-state index contributed by atoms with van der Waals surface area (Å²) in [5.41, 5.74) is -1.46. The summed E-state index contributed by atoms with van der Waals surface area (Å²) in [5.74, 6) is -20.4. The quantitative estimate of drug-likeness (QED) is 0.273. The Kier molecular flexibility index (Phi) is 8.19. The number of alkyl halides is 9. The first-order valence-corrected chi connectivity index (χ1v) is 8.20. The summed E-state index contributed by atoms with van der Waals surface area (Å²) < 4.78 is 116. The second kappa shape index (κ2) is 9.83. The molecule has 0 aliphatic heterocycles. The van der Waals surface area contributed by atoms with E-state index in [9.17, 15) is 44.3 Å². The normalized spacial score (nSPS) is 12.8. The second-order valence-corrected chi connectivity index (χ2v) is 5.85. The summed E-state index contributed by atoms with van der Waals surface area (Å²) in [6.45, 7) is 2.96. The minimum absolute atomic E-state index is 0.107. The van der Waals surface area contributed by atoms with Crippen molar-refractivity contribution in [3.05, 3.63) is 72.8 Å². The summed E-state index contributed by atoms with van der Waals surface area (Å²) in [6, 6.07) is 10.1. The van der Waals surface area contributed by atoms with E-state index in [4.69, 9.17) is 5.11 Å². The van der Waals surface area contributed by atoms with E-state index in [0.717, 1.165) is 18.2 Å². The molecule has 0 radical (unpaired) electrons. The molecule has 0 heterocycles. The van der Waals surface area contributed by atoms with Crippen LogP contribution in [-0.4, -0.2) is 29.1 Å². The fourth-order valence-electron chi connectivity index (χ4n) is 1.90. The summed E-state index contributed by atoms with van der Waals surface area (Å²) in [5, 5.41) is 14.9. The van der Waals surface area contributed by atoms with Gasteiger partial charge in [-0.15, -0.1) is 0 Å². The van der Waals surface area contributed by atoms with Crippen LogP contribution in [0, 0.1) is 0 Å². The molecule has 0 spiro atoms. The molecule has 0 unspecified atom stereocenters. The fraction of sp³-hybridized carbons (Fsp3) is 0.211. The van der Waals surface area contributed by atoms with Crippen LogP contribution in [0.4, 0.5) is 50.9 Å². The number of azo groups is 1. The molecule has 2 rings (SSSR count). The van der Waals surface area contributed by atoms with Crippen molar-refractivity contribution in [2.24, 2.45) is 10.2 Å². The predicted octanol–water partition coefficient (Wildman–Crippen LogP) is 7.28. The highest BCUT2D eigenvalue weighted by Gasteiger charge is 2.81. The zero-order chi connectivity index (χ0) is 24.8. The maximum absolute atomic E-state index is 13.8. The largest absolute Gasteiger partial charge is 0.478 e. The van der Waals surface area contributed by atoms with Crippen LogP contribution >= 0.6 is 0 Å². The Hall–Kier alpha value is -3.38. The number of carboxylic acid groups (broad SMARTS) is 1. The molecule has 0 aromatic heterocycles. The van der Waals surface area contributed by atoms with Gasteiger partial charge in [-0.2, -0.15) is 49.7 Å². The van der Waals surface area contributed by atoms with Crippen LogP contribution in [0.2, 0.25) is 0 Å². The number of rotatable bonds is 6. The van der Waals surface area contributed by atoms with Gasteiger partial charge in [0.2, 0.25) is 0 Å². The van der Waals surface area contributed by atoms with E-state index in [2.05, 4.69) is 16.8 Å². The first kappa shape index (κ1) is 26.7. The lowest BCUT2D eigenvalue weighted by Gasteiger charge is -2.33. The lowest BCUT2D eigenvalue weighted by molar-refractivity contribution is -0.399. The molecular formula is C19H13F9N2O2. The van der Waals surface area contributed by atoms with Gasteiger partial charge >= 0.3 is 29.9 Å². The van der Waals surface area contributed by atoms with Gasteiger partial charge in [-0.25, -0.2) is 4.79 Å². The lowest BCUT2D eigenvalue weighted by atomic mass is 9.96. The third-order valence-electron chi connectivity index (χ3n) is 3.59. The minimum Gasteiger partial charge on any atom is -0.478 e. The average molecular weight is 472 g/mol.